The molecule has 1 atom stereocenters. The van der Waals surface area contributed by atoms with Crippen molar-refractivity contribution in [2.45, 2.75) is 59.3 Å². The summed E-state index contributed by atoms with van der Waals surface area (Å²) in [7, 11) is 0. The number of carbonyl (C=O) groups is 2. The van der Waals surface area contributed by atoms with Gasteiger partial charge in [0.25, 0.3) is 0 Å². The van der Waals surface area contributed by atoms with Crippen molar-refractivity contribution in [2.75, 3.05) is 13.2 Å². The van der Waals surface area contributed by atoms with Crippen molar-refractivity contribution in [1.82, 2.24) is 0 Å². The number of hydrogen-bond acceptors (Lipinski definition) is 4. The summed E-state index contributed by atoms with van der Waals surface area (Å²) in [5.74, 6) is -0.457. The number of unbranched alkanes of at least 4 members (excludes halogenated alkanes) is 4. The third kappa shape index (κ3) is 7.62. The molecule has 0 aliphatic rings. The molecule has 0 heterocycles. The van der Waals surface area contributed by atoms with Gasteiger partial charge in [0.2, 0.25) is 0 Å². The number of ether oxygens (including phenoxy) is 2. The number of carbonyl (C=O) groups excluding carboxylic acids is 2. The molecule has 0 radical (unpaired) electrons. The first-order valence-electron chi connectivity index (χ1n) is 9.02. The summed E-state index contributed by atoms with van der Waals surface area (Å²) in [6.45, 7) is 7.06. The van der Waals surface area contributed by atoms with Crippen molar-refractivity contribution < 1.29 is 19.1 Å². The maximum Gasteiger partial charge on any atom is 0.338 e. The largest absolute Gasteiger partial charge is 0.462 e. The van der Waals surface area contributed by atoms with Gasteiger partial charge in [-0.1, -0.05) is 58.9 Å². The molecule has 0 saturated heterocycles. The lowest BCUT2D eigenvalue weighted by Gasteiger charge is -2.10. The molecule has 0 aliphatic heterocycles. The maximum atomic E-state index is 12.0. The Balaban J connectivity index is 2.45. The first-order chi connectivity index (χ1) is 11.6. The van der Waals surface area contributed by atoms with Crippen LogP contribution < -0.4 is 0 Å². The molecule has 24 heavy (non-hydrogen) atoms. The van der Waals surface area contributed by atoms with Gasteiger partial charge in [-0.25, -0.2) is 9.59 Å². The van der Waals surface area contributed by atoms with Crippen LogP contribution in [-0.4, -0.2) is 25.2 Å². The summed E-state index contributed by atoms with van der Waals surface area (Å²) >= 11 is 0. The average molecular weight is 334 g/mol. The summed E-state index contributed by atoms with van der Waals surface area (Å²) in [5, 5.41) is 0. The molecule has 0 aliphatic carbocycles. The summed E-state index contributed by atoms with van der Waals surface area (Å²) in [6, 6.07) is 6.53. The Hall–Kier alpha value is -1.84. The zero-order valence-electron chi connectivity index (χ0n) is 15.2. The van der Waals surface area contributed by atoms with Gasteiger partial charge in [0.05, 0.1) is 24.3 Å². The van der Waals surface area contributed by atoms with E-state index in [0.717, 1.165) is 19.3 Å². The number of esters is 2. The highest BCUT2D eigenvalue weighted by Gasteiger charge is 2.13. The molecule has 0 aromatic heterocycles. The van der Waals surface area contributed by atoms with E-state index >= 15 is 0 Å². The van der Waals surface area contributed by atoms with E-state index in [1.807, 2.05) is 6.92 Å². The highest BCUT2D eigenvalue weighted by Crippen LogP contribution is 2.11. The van der Waals surface area contributed by atoms with Crippen LogP contribution in [0.15, 0.2) is 24.3 Å². The molecule has 1 unspecified atom stereocenters. The predicted octanol–water partition coefficient (Wildman–Crippen LogP) is 5.02. The van der Waals surface area contributed by atoms with Crippen LogP contribution in [0.3, 0.4) is 0 Å². The molecule has 0 bridgehead atoms. The Morgan fingerprint density at radius 1 is 0.958 bits per heavy atom. The molecule has 0 saturated carbocycles. The first kappa shape index (κ1) is 20.2. The summed E-state index contributed by atoms with van der Waals surface area (Å²) < 4.78 is 10.5. The number of benzene rings is 1. The van der Waals surface area contributed by atoms with E-state index in [2.05, 4.69) is 13.8 Å². The van der Waals surface area contributed by atoms with Gasteiger partial charge in [-0.05, 0) is 30.5 Å². The fourth-order valence-corrected chi connectivity index (χ4v) is 2.15. The highest BCUT2D eigenvalue weighted by molar-refractivity contribution is 5.95. The minimum atomic E-state index is -0.399. The van der Waals surface area contributed by atoms with E-state index in [9.17, 15) is 9.59 Å². The minimum absolute atomic E-state index is 0.329. The Morgan fingerprint density at radius 2 is 1.58 bits per heavy atom. The molecule has 1 aromatic carbocycles. The van der Waals surface area contributed by atoms with Crippen molar-refractivity contribution in [3.05, 3.63) is 35.4 Å². The zero-order chi connectivity index (χ0) is 17.8. The number of rotatable bonds is 11. The van der Waals surface area contributed by atoms with E-state index in [-0.39, 0.29) is 5.97 Å². The smallest absolute Gasteiger partial charge is 0.338 e. The van der Waals surface area contributed by atoms with Gasteiger partial charge >= 0.3 is 11.9 Å². The van der Waals surface area contributed by atoms with E-state index in [1.54, 1.807) is 24.3 Å². The minimum Gasteiger partial charge on any atom is -0.462 e. The molecule has 1 rings (SSSR count). The Labute approximate surface area is 145 Å². The zero-order valence-corrected chi connectivity index (χ0v) is 15.2. The van der Waals surface area contributed by atoms with Gasteiger partial charge in [0.15, 0.2) is 0 Å². The fourth-order valence-electron chi connectivity index (χ4n) is 2.15. The van der Waals surface area contributed by atoms with Gasteiger partial charge in [0.1, 0.15) is 0 Å². The average Bonchev–Trinajstić information content (AvgIpc) is 2.62. The van der Waals surface area contributed by atoms with Crippen molar-refractivity contribution in [3.8, 4) is 0 Å². The van der Waals surface area contributed by atoms with Gasteiger partial charge in [-0.15, -0.1) is 0 Å². The van der Waals surface area contributed by atoms with Crippen molar-refractivity contribution in [1.29, 1.82) is 0 Å². The van der Waals surface area contributed by atoms with Crippen molar-refractivity contribution in [2.24, 2.45) is 5.92 Å². The van der Waals surface area contributed by atoms with E-state index in [1.165, 1.54) is 19.3 Å². The first-order valence-corrected chi connectivity index (χ1v) is 9.02. The molecule has 4 nitrogen and oxygen atoms in total. The van der Waals surface area contributed by atoms with Gasteiger partial charge in [-0.2, -0.15) is 0 Å². The Kier molecular flexibility index (Phi) is 9.81. The molecule has 4 heteroatoms. The monoisotopic (exact) mass is 334 g/mol. The summed E-state index contributed by atoms with van der Waals surface area (Å²) in [4.78, 5) is 24.1. The lowest BCUT2D eigenvalue weighted by molar-refractivity contribution is 0.0447. The van der Waals surface area contributed by atoms with Crippen molar-refractivity contribution in [3.63, 3.8) is 0 Å². The second-order valence-electron chi connectivity index (χ2n) is 6.24. The maximum absolute atomic E-state index is 12.0. The lowest BCUT2D eigenvalue weighted by Crippen LogP contribution is -2.13. The second kappa shape index (κ2) is 11.7. The van der Waals surface area contributed by atoms with Crippen LogP contribution in [0.5, 0.6) is 0 Å². The molecule has 134 valence electrons. The van der Waals surface area contributed by atoms with Crippen LogP contribution in [0.2, 0.25) is 0 Å². The van der Waals surface area contributed by atoms with E-state index in [0.29, 0.717) is 30.3 Å². The van der Waals surface area contributed by atoms with Crippen LogP contribution in [0.25, 0.3) is 0 Å². The molecule has 0 fully saturated rings. The standard InChI is InChI=1S/C20H30O4/c1-4-6-7-8-9-13-23-19(21)17-11-10-12-18(14-17)20(22)24-15-16(3)5-2/h10-12,14,16H,4-9,13,15H2,1-3H3. The van der Waals surface area contributed by atoms with E-state index < -0.39 is 5.97 Å². The second-order valence-corrected chi connectivity index (χ2v) is 6.24. The van der Waals surface area contributed by atoms with Gasteiger partial charge in [0, 0.05) is 0 Å². The molecular weight excluding hydrogens is 304 g/mol. The predicted molar refractivity (Wildman–Crippen MR) is 95.2 cm³/mol. The van der Waals surface area contributed by atoms with Gasteiger partial charge in [-0.3, -0.25) is 0 Å². The van der Waals surface area contributed by atoms with Crippen LogP contribution in [-0.2, 0) is 9.47 Å². The SMILES string of the molecule is CCCCCCCOC(=O)c1cccc(C(=O)OCC(C)CC)c1. The van der Waals surface area contributed by atoms with Crippen LogP contribution in [0, 0.1) is 5.92 Å². The third-order valence-corrected chi connectivity index (χ3v) is 4.01. The van der Waals surface area contributed by atoms with Crippen LogP contribution >= 0.6 is 0 Å². The Bertz CT molecular complexity index is 510. The topological polar surface area (TPSA) is 52.6 Å². The quantitative estimate of drug-likeness (QED) is 0.421. The van der Waals surface area contributed by atoms with Crippen molar-refractivity contribution >= 4 is 11.9 Å². The molecule has 0 spiro atoms. The molecular formula is C20H30O4. The summed E-state index contributed by atoms with van der Waals surface area (Å²) in [6.07, 6.45) is 6.49. The molecule has 1 aromatic rings. The Morgan fingerprint density at radius 3 is 2.21 bits per heavy atom. The highest BCUT2D eigenvalue weighted by atomic mass is 16.5. The fraction of sp³-hybridized carbons (Fsp3) is 0.600. The van der Waals surface area contributed by atoms with Crippen LogP contribution in [0.1, 0.15) is 80.0 Å². The van der Waals surface area contributed by atoms with Gasteiger partial charge < -0.3 is 9.47 Å². The number of hydrogen-bond donors (Lipinski definition) is 0. The molecule has 0 amide bonds. The third-order valence-electron chi connectivity index (χ3n) is 4.01. The summed E-state index contributed by atoms with van der Waals surface area (Å²) in [5.41, 5.74) is 0.775. The molecule has 0 N–H and O–H groups in total. The van der Waals surface area contributed by atoms with Crippen LogP contribution in [0.4, 0.5) is 0 Å². The van der Waals surface area contributed by atoms with E-state index in [4.69, 9.17) is 9.47 Å². The normalized spacial score (nSPS) is 11.8. The lowest BCUT2D eigenvalue weighted by atomic mass is 10.1.